The predicted molar refractivity (Wildman–Crippen MR) is 116 cm³/mol. The Hall–Kier alpha value is -2.86. The molecular weight excluding hydrogens is 364 g/mol. The minimum atomic E-state index is -0.0777. The van der Waals surface area contributed by atoms with E-state index in [9.17, 15) is 4.79 Å². The van der Waals surface area contributed by atoms with Crippen LogP contribution in [0.1, 0.15) is 38.7 Å². The van der Waals surface area contributed by atoms with Crippen LogP contribution >= 0.6 is 0 Å². The number of carbonyl (C=O) groups is 1. The summed E-state index contributed by atoms with van der Waals surface area (Å²) in [6.45, 7) is 7.12. The Kier molecular flexibility index (Phi) is 6.88. The van der Waals surface area contributed by atoms with Crippen LogP contribution in [0.25, 0.3) is 0 Å². The number of ether oxygens (including phenoxy) is 1. The first-order chi connectivity index (χ1) is 14.0. The molecule has 1 atom stereocenters. The van der Waals surface area contributed by atoms with Gasteiger partial charge in [0.15, 0.2) is 5.96 Å². The lowest BCUT2D eigenvalue weighted by Crippen LogP contribution is -2.48. The van der Waals surface area contributed by atoms with Crippen molar-refractivity contribution in [2.75, 3.05) is 33.8 Å². The number of nitrogens with one attached hydrogen (secondary N) is 2. The number of amides is 1. The third kappa shape index (κ3) is 5.15. The van der Waals surface area contributed by atoms with Gasteiger partial charge in [-0.3, -0.25) is 9.79 Å². The Bertz CT molecular complexity index is 877. The van der Waals surface area contributed by atoms with Gasteiger partial charge in [-0.2, -0.15) is 0 Å². The number of morpholine rings is 1. The van der Waals surface area contributed by atoms with E-state index in [1.165, 1.54) is 16.7 Å². The lowest BCUT2D eigenvalue weighted by molar-refractivity contribution is -0.00834. The van der Waals surface area contributed by atoms with Crippen LogP contribution in [0.3, 0.4) is 0 Å². The second-order valence-electron chi connectivity index (χ2n) is 7.34. The zero-order valence-electron chi connectivity index (χ0n) is 17.7. The molecule has 0 bridgehead atoms. The van der Waals surface area contributed by atoms with Crippen molar-refractivity contribution in [3.05, 3.63) is 70.3 Å². The van der Waals surface area contributed by atoms with E-state index in [0.29, 0.717) is 18.7 Å². The molecule has 2 aromatic carbocycles. The quantitative estimate of drug-likeness (QED) is 0.618. The number of benzene rings is 2. The van der Waals surface area contributed by atoms with E-state index < -0.39 is 0 Å². The molecule has 0 radical (unpaired) electrons. The second kappa shape index (κ2) is 9.56. The van der Waals surface area contributed by atoms with Crippen LogP contribution in [0.2, 0.25) is 0 Å². The van der Waals surface area contributed by atoms with Crippen LogP contribution in [0.15, 0.2) is 47.5 Å². The Morgan fingerprint density at radius 2 is 1.97 bits per heavy atom. The maximum absolute atomic E-state index is 11.7. The van der Waals surface area contributed by atoms with Crippen molar-refractivity contribution in [2.45, 2.75) is 26.5 Å². The number of hydrogen-bond donors (Lipinski definition) is 2. The molecule has 1 unspecified atom stereocenters. The van der Waals surface area contributed by atoms with E-state index in [2.05, 4.69) is 52.6 Å². The highest BCUT2D eigenvalue weighted by molar-refractivity contribution is 5.93. The number of guanidine groups is 1. The van der Waals surface area contributed by atoms with E-state index in [-0.39, 0.29) is 12.0 Å². The summed E-state index contributed by atoms with van der Waals surface area (Å²) >= 11 is 0. The number of nitrogens with zero attached hydrogens (tertiary/aromatic N) is 2. The van der Waals surface area contributed by atoms with Crippen molar-refractivity contribution in [3.63, 3.8) is 0 Å². The Labute approximate surface area is 173 Å². The molecule has 29 heavy (non-hydrogen) atoms. The van der Waals surface area contributed by atoms with Crippen LogP contribution in [0.4, 0.5) is 0 Å². The van der Waals surface area contributed by atoms with Gasteiger partial charge in [-0.25, -0.2) is 0 Å². The molecule has 1 heterocycles. The normalized spacial score (nSPS) is 17.2. The maximum atomic E-state index is 11.7. The molecule has 1 amide bonds. The fourth-order valence-corrected chi connectivity index (χ4v) is 3.65. The first-order valence-electron chi connectivity index (χ1n) is 9.97. The van der Waals surface area contributed by atoms with Crippen molar-refractivity contribution in [3.8, 4) is 0 Å². The van der Waals surface area contributed by atoms with Crippen molar-refractivity contribution in [2.24, 2.45) is 4.99 Å². The lowest BCUT2D eigenvalue weighted by atomic mass is 10.00. The monoisotopic (exact) mass is 394 g/mol. The highest BCUT2D eigenvalue weighted by atomic mass is 16.5. The van der Waals surface area contributed by atoms with Gasteiger partial charge in [-0.05, 0) is 42.7 Å². The smallest absolute Gasteiger partial charge is 0.251 e. The molecule has 2 N–H and O–H groups in total. The van der Waals surface area contributed by atoms with Crippen LogP contribution in [0, 0.1) is 13.8 Å². The molecule has 6 heteroatoms. The highest BCUT2D eigenvalue weighted by Gasteiger charge is 2.25. The third-order valence-electron chi connectivity index (χ3n) is 5.24. The highest BCUT2D eigenvalue weighted by Crippen LogP contribution is 2.26. The van der Waals surface area contributed by atoms with E-state index in [0.717, 1.165) is 24.6 Å². The summed E-state index contributed by atoms with van der Waals surface area (Å²) < 4.78 is 6.06. The minimum Gasteiger partial charge on any atom is -0.370 e. The van der Waals surface area contributed by atoms with Crippen molar-refractivity contribution in [1.82, 2.24) is 15.5 Å². The summed E-state index contributed by atoms with van der Waals surface area (Å²) in [5.74, 6) is 0.782. The van der Waals surface area contributed by atoms with Crippen molar-refractivity contribution >= 4 is 11.9 Å². The largest absolute Gasteiger partial charge is 0.370 e. The van der Waals surface area contributed by atoms with Gasteiger partial charge < -0.3 is 20.3 Å². The van der Waals surface area contributed by atoms with Crippen LogP contribution in [-0.2, 0) is 11.3 Å². The zero-order chi connectivity index (χ0) is 20.8. The van der Waals surface area contributed by atoms with Crippen LogP contribution < -0.4 is 10.6 Å². The zero-order valence-corrected chi connectivity index (χ0v) is 17.7. The second-order valence-corrected chi connectivity index (χ2v) is 7.34. The summed E-state index contributed by atoms with van der Waals surface area (Å²) in [6, 6.07) is 14.1. The average Bonchev–Trinajstić information content (AvgIpc) is 2.74. The molecule has 6 nitrogen and oxygen atoms in total. The lowest BCUT2D eigenvalue weighted by Gasteiger charge is -2.36. The van der Waals surface area contributed by atoms with Gasteiger partial charge in [0.1, 0.15) is 6.10 Å². The first-order valence-corrected chi connectivity index (χ1v) is 9.97. The Balaban J connectivity index is 1.63. The van der Waals surface area contributed by atoms with Gasteiger partial charge in [0.2, 0.25) is 0 Å². The van der Waals surface area contributed by atoms with E-state index in [1.807, 2.05) is 24.3 Å². The topological polar surface area (TPSA) is 66.0 Å². The van der Waals surface area contributed by atoms with Crippen LogP contribution in [-0.4, -0.2) is 50.6 Å². The Morgan fingerprint density at radius 3 is 2.62 bits per heavy atom. The van der Waals surface area contributed by atoms with Gasteiger partial charge in [0.25, 0.3) is 5.91 Å². The Morgan fingerprint density at radius 1 is 1.21 bits per heavy atom. The molecule has 1 fully saturated rings. The fraction of sp³-hybridized carbons (Fsp3) is 0.391. The summed E-state index contributed by atoms with van der Waals surface area (Å²) in [5, 5.41) is 6.07. The molecule has 0 aromatic heterocycles. The molecule has 0 spiro atoms. The average molecular weight is 395 g/mol. The molecule has 1 saturated heterocycles. The summed E-state index contributed by atoms with van der Waals surface area (Å²) in [7, 11) is 3.44. The molecule has 1 aliphatic rings. The van der Waals surface area contributed by atoms with Gasteiger partial charge in [-0.15, -0.1) is 0 Å². The molecule has 2 aromatic rings. The standard InChI is InChI=1S/C23H30N4O2/c1-16-5-10-20(17(2)13-16)21-15-27(11-12-29-21)23(25-4)26-14-18-6-8-19(9-7-18)22(28)24-3/h5-10,13,21H,11-12,14-15H2,1-4H3,(H,24,28)(H,25,26). The van der Waals surface area contributed by atoms with Gasteiger partial charge in [-0.1, -0.05) is 35.9 Å². The molecular formula is C23H30N4O2. The third-order valence-corrected chi connectivity index (χ3v) is 5.24. The SMILES string of the molecule is CN=C(NCc1ccc(C(=O)NC)cc1)N1CCOC(c2ccc(C)cc2C)C1. The molecule has 0 saturated carbocycles. The van der Waals surface area contributed by atoms with E-state index in [1.54, 1.807) is 14.1 Å². The van der Waals surface area contributed by atoms with Gasteiger partial charge in [0, 0.05) is 32.7 Å². The van der Waals surface area contributed by atoms with Gasteiger partial charge >= 0.3 is 0 Å². The summed E-state index contributed by atoms with van der Waals surface area (Å²) in [4.78, 5) is 18.4. The minimum absolute atomic E-state index is 0.0368. The van der Waals surface area contributed by atoms with E-state index >= 15 is 0 Å². The molecule has 154 valence electrons. The number of aliphatic imine (C=N–C) groups is 1. The van der Waals surface area contributed by atoms with Crippen LogP contribution in [0.5, 0.6) is 0 Å². The van der Waals surface area contributed by atoms with E-state index in [4.69, 9.17) is 4.74 Å². The number of carbonyl (C=O) groups excluding carboxylic acids is 1. The fourth-order valence-electron chi connectivity index (χ4n) is 3.65. The molecule has 0 aliphatic carbocycles. The summed E-state index contributed by atoms with van der Waals surface area (Å²) in [5.41, 5.74) is 5.51. The number of aryl methyl sites for hydroxylation is 2. The summed E-state index contributed by atoms with van der Waals surface area (Å²) in [6.07, 6.45) is 0.0368. The van der Waals surface area contributed by atoms with Gasteiger partial charge in [0.05, 0.1) is 13.2 Å². The number of hydrogen-bond acceptors (Lipinski definition) is 3. The molecule has 3 rings (SSSR count). The van der Waals surface area contributed by atoms with Crippen molar-refractivity contribution in [1.29, 1.82) is 0 Å². The first kappa shape index (κ1) is 20.9. The predicted octanol–water partition coefficient (Wildman–Crippen LogP) is 2.81. The molecule has 1 aliphatic heterocycles. The van der Waals surface area contributed by atoms with Crippen molar-refractivity contribution < 1.29 is 9.53 Å². The maximum Gasteiger partial charge on any atom is 0.251 e. The number of rotatable bonds is 4.